The van der Waals surface area contributed by atoms with Gasteiger partial charge in [0.15, 0.2) is 0 Å². The van der Waals surface area contributed by atoms with Crippen LogP contribution < -0.4 is 4.90 Å². The third-order valence-corrected chi connectivity index (χ3v) is 5.26. The zero-order valence-corrected chi connectivity index (χ0v) is 14.3. The molecule has 23 heavy (non-hydrogen) atoms. The van der Waals surface area contributed by atoms with Crippen LogP contribution in [0.25, 0.3) is 0 Å². The second-order valence-corrected chi connectivity index (χ2v) is 6.67. The molecule has 3 rings (SSSR count). The summed E-state index contributed by atoms with van der Waals surface area (Å²) in [6.45, 7) is 12.9. The van der Waals surface area contributed by atoms with Gasteiger partial charge in [0, 0.05) is 44.5 Å². The Labute approximate surface area is 140 Å². The number of morpholine rings is 1. The third kappa shape index (κ3) is 4.12. The average Bonchev–Trinajstić information content (AvgIpc) is 2.61. The molecule has 1 aromatic rings. The van der Waals surface area contributed by atoms with Gasteiger partial charge >= 0.3 is 0 Å². The number of ether oxygens (including phenoxy) is 1. The molecule has 0 atom stereocenters. The van der Waals surface area contributed by atoms with E-state index < -0.39 is 0 Å². The van der Waals surface area contributed by atoms with Gasteiger partial charge in [-0.2, -0.15) is 0 Å². The van der Waals surface area contributed by atoms with Crippen LogP contribution in [0.5, 0.6) is 0 Å². The Balaban J connectivity index is 1.56. The number of hydrogen-bond acceptors (Lipinski definition) is 4. The first kappa shape index (κ1) is 16.5. The van der Waals surface area contributed by atoms with Gasteiger partial charge in [-0.3, -0.25) is 4.90 Å². The summed E-state index contributed by atoms with van der Waals surface area (Å²) < 4.78 is 5.47. The molecule has 2 fully saturated rings. The molecule has 0 saturated carbocycles. The third-order valence-electron chi connectivity index (χ3n) is 5.26. The predicted molar refractivity (Wildman–Crippen MR) is 96.9 cm³/mol. The van der Waals surface area contributed by atoms with Crippen LogP contribution >= 0.6 is 0 Å². The topological polar surface area (TPSA) is 28.1 Å². The van der Waals surface area contributed by atoms with Crippen LogP contribution in [0.4, 0.5) is 5.69 Å². The predicted octanol–water partition coefficient (Wildman–Crippen LogP) is 2.54. The van der Waals surface area contributed by atoms with Crippen molar-refractivity contribution in [3.05, 3.63) is 29.3 Å². The lowest BCUT2D eigenvalue weighted by Gasteiger charge is -2.41. The lowest BCUT2D eigenvalue weighted by molar-refractivity contribution is 0.0115. The van der Waals surface area contributed by atoms with Crippen molar-refractivity contribution < 1.29 is 4.74 Å². The fourth-order valence-corrected chi connectivity index (χ4v) is 3.79. The molecule has 126 valence electrons. The fourth-order valence-electron chi connectivity index (χ4n) is 3.79. The van der Waals surface area contributed by atoms with Crippen molar-refractivity contribution in [2.45, 2.75) is 32.2 Å². The molecule has 0 bridgehead atoms. The summed E-state index contributed by atoms with van der Waals surface area (Å²) in [4.78, 5) is 9.13. The quantitative estimate of drug-likeness (QED) is 0.782. The first-order chi connectivity index (χ1) is 11.3. The van der Waals surface area contributed by atoms with Crippen LogP contribution in [0.15, 0.2) is 23.2 Å². The normalized spacial score (nSPS) is 20.7. The zero-order valence-electron chi connectivity index (χ0n) is 14.3. The van der Waals surface area contributed by atoms with Gasteiger partial charge < -0.3 is 14.6 Å². The van der Waals surface area contributed by atoms with Gasteiger partial charge in [0.25, 0.3) is 0 Å². The Hall–Kier alpha value is -1.39. The van der Waals surface area contributed by atoms with Crippen molar-refractivity contribution in [1.29, 1.82) is 0 Å². The average molecular weight is 315 g/mol. The molecule has 0 unspecified atom stereocenters. The number of piperidine rings is 1. The van der Waals surface area contributed by atoms with Crippen LogP contribution in [0, 0.1) is 6.92 Å². The van der Waals surface area contributed by atoms with E-state index in [4.69, 9.17) is 4.74 Å². The molecular formula is C19H29N3O. The van der Waals surface area contributed by atoms with Crippen molar-refractivity contribution in [2.24, 2.45) is 4.99 Å². The monoisotopic (exact) mass is 315 g/mol. The Kier molecular flexibility index (Phi) is 5.68. The Morgan fingerprint density at radius 1 is 1.17 bits per heavy atom. The van der Waals surface area contributed by atoms with E-state index >= 15 is 0 Å². The second-order valence-electron chi connectivity index (χ2n) is 6.67. The van der Waals surface area contributed by atoms with E-state index in [1.165, 1.54) is 29.7 Å². The molecule has 4 heteroatoms. The van der Waals surface area contributed by atoms with E-state index in [-0.39, 0.29) is 0 Å². The Bertz CT molecular complexity index is 517. The maximum Gasteiger partial charge on any atom is 0.0594 e. The minimum absolute atomic E-state index is 0.745. The molecule has 1 aromatic carbocycles. The van der Waals surface area contributed by atoms with Crippen molar-refractivity contribution in [1.82, 2.24) is 4.90 Å². The van der Waals surface area contributed by atoms with E-state index in [0.717, 1.165) is 58.4 Å². The van der Waals surface area contributed by atoms with Gasteiger partial charge in [-0.05, 0) is 56.2 Å². The van der Waals surface area contributed by atoms with Crippen molar-refractivity contribution in [3.8, 4) is 0 Å². The molecule has 2 heterocycles. The van der Waals surface area contributed by atoms with Crippen LogP contribution in [0.3, 0.4) is 0 Å². The van der Waals surface area contributed by atoms with E-state index in [9.17, 15) is 0 Å². The van der Waals surface area contributed by atoms with E-state index in [2.05, 4.69) is 46.6 Å². The van der Waals surface area contributed by atoms with Gasteiger partial charge in [-0.15, -0.1) is 0 Å². The number of nitrogens with zero attached hydrogens (tertiary/aromatic N) is 3. The summed E-state index contributed by atoms with van der Waals surface area (Å²) in [5.74, 6) is 0. The molecule has 4 nitrogen and oxygen atoms in total. The van der Waals surface area contributed by atoms with Crippen LogP contribution in [-0.4, -0.2) is 63.6 Å². The lowest BCUT2D eigenvalue weighted by atomic mass is 10.00. The minimum atomic E-state index is 0.745. The molecule has 2 aliphatic rings. The summed E-state index contributed by atoms with van der Waals surface area (Å²) in [7, 11) is 0. The second kappa shape index (κ2) is 7.93. The number of benzene rings is 1. The fraction of sp³-hybridized carbons (Fsp3) is 0.632. The summed E-state index contributed by atoms with van der Waals surface area (Å²) in [5, 5.41) is 0. The van der Waals surface area contributed by atoms with Gasteiger partial charge in [0.1, 0.15) is 0 Å². The maximum absolute atomic E-state index is 5.47. The number of hydrogen-bond donors (Lipinski definition) is 0. The van der Waals surface area contributed by atoms with Gasteiger partial charge in [0.2, 0.25) is 0 Å². The molecule has 0 spiro atoms. The van der Waals surface area contributed by atoms with Gasteiger partial charge in [0.05, 0.1) is 13.2 Å². The minimum Gasteiger partial charge on any atom is -0.379 e. The van der Waals surface area contributed by atoms with Crippen molar-refractivity contribution in [2.75, 3.05) is 50.8 Å². The van der Waals surface area contributed by atoms with E-state index in [1.807, 2.05) is 0 Å². The molecule has 0 amide bonds. The first-order valence-corrected chi connectivity index (χ1v) is 8.86. The number of rotatable bonds is 5. The van der Waals surface area contributed by atoms with E-state index in [0.29, 0.717) is 0 Å². The molecular weight excluding hydrogens is 286 g/mol. The first-order valence-electron chi connectivity index (χ1n) is 8.86. The largest absolute Gasteiger partial charge is 0.379 e. The lowest BCUT2D eigenvalue weighted by Crippen LogP contribution is -2.49. The van der Waals surface area contributed by atoms with Crippen molar-refractivity contribution in [3.63, 3.8) is 0 Å². The maximum atomic E-state index is 5.47. The number of aliphatic imine (C=N–C) groups is 1. The SMILES string of the molecule is C=NCCc1ccc(N2CCC(N3CCOCC3)CC2)cc1C. The molecule has 0 aliphatic carbocycles. The smallest absolute Gasteiger partial charge is 0.0594 e. The van der Waals surface area contributed by atoms with Crippen LogP contribution in [-0.2, 0) is 11.2 Å². The van der Waals surface area contributed by atoms with Crippen LogP contribution in [0.2, 0.25) is 0 Å². The van der Waals surface area contributed by atoms with Gasteiger partial charge in [-0.25, -0.2) is 0 Å². The molecule has 0 aromatic heterocycles. The van der Waals surface area contributed by atoms with Crippen LogP contribution in [0.1, 0.15) is 24.0 Å². The highest BCUT2D eigenvalue weighted by Gasteiger charge is 2.25. The summed E-state index contributed by atoms with van der Waals surface area (Å²) in [6.07, 6.45) is 3.52. The summed E-state index contributed by atoms with van der Waals surface area (Å²) in [5.41, 5.74) is 4.14. The standard InChI is InChI=1S/C19H29N3O/c1-16-15-19(4-3-17(16)5-8-20-2)21-9-6-18(7-10-21)22-11-13-23-14-12-22/h3-4,15,18H,2,5-14H2,1H3. The summed E-state index contributed by atoms with van der Waals surface area (Å²) in [6, 6.07) is 7.63. The molecule has 0 N–H and O–H groups in total. The highest BCUT2D eigenvalue weighted by molar-refractivity contribution is 5.51. The highest BCUT2D eigenvalue weighted by atomic mass is 16.5. The van der Waals surface area contributed by atoms with Crippen molar-refractivity contribution >= 4 is 12.4 Å². The molecule has 2 aliphatic heterocycles. The number of aryl methyl sites for hydroxylation is 1. The highest BCUT2D eigenvalue weighted by Crippen LogP contribution is 2.25. The Morgan fingerprint density at radius 2 is 1.91 bits per heavy atom. The molecule has 2 saturated heterocycles. The molecule has 0 radical (unpaired) electrons. The van der Waals surface area contributed by atoms with Gasteiger partial charge in [-0.1, -0.05) is 6.07 Å². The Morgan fingerprint density at radius 3 is 2.57 bits per heavy atom. The van der Waals surface area contributed by atoms with E-state index in [1.54, 1.807) is 0 Å². The number of anilines is 1. The zero-order chi connectivity index (χ0) is 16.1. The summed E-state index contributed by atoms with van der Waals surface area (Å²) >= 11 is 0.